The Morgan fingerprint density at radius 1 is 1.17 bits per heavy atom. The van der Waals surface area contributed by atoms with Crippen LogP contribution in [0.2, 0.25) is 0 Å². The van der Waals surface area contributed by atoms with E-state index >= 15 is 0 Å². The molecular formula is C14H27N3O. The highest BCUT2D eigenvalue weighted by Crippen LogP contribution is 2.20. The summed E-state index contributed by atoms with van der Waals surface area (Å²) in [4.78, 5) is 16.7. The fraction of sp³-hybridized carbons (Fsp3) is 0.929. The van der Waals surface area contributed by atoms with Gasteiger partial charge in [0.25, 0.3) is 0 Å². The topological polar surface area (TPSA) is 35.6 Å². The molecule has 2 aliphatic heterocycles. The van der Waals surface area contributed by atoms with Crippen molar-refractivity contribution in [1.29, 1.82) is 0 Å². The third-order valence-corrected chi connectivity index (χ3v) is 4.35. The van der Waals surface area contributed by atoms with Crippen LogP contribution in [0.4, 0.5) is 0 Å². The molecule has 18 heavy (non-hydrogen) atoms. The molecule has 1 amide bonds. The number of amides is 1. The standard InChI is InChI=1S/C14H27N3O/c1-2-13-4-3-8-17(9-5-13)14(18)12-16-10-6-15-7-11-16/h13,15H,2-12H2,1H3. The average molecular weight is 253 g/mol. The number of piperazine rings is 1. The van der Waals surface area contributed by atoms with Crippen molar-refractivity contribution < 1.29 is 4.79 Å². The predicted molar refractivity (Wildman–Crippen MR) is 73.5 cm³/mol. The fourth-order valence-corrected chi connectivity index (χ4v) is 2.98. The molecule has 104 valence electrons. The van der Waals surface area contributed by atoms with Crippen molar-refractivity contribution in [2.75, 3.05) is 45.8 Å². The summed E-state index contributed by atoms with van der Waals surface area (Å²) in [5.74, 6) is 1.18. The van der Waals surface area contributed by atoms with Crippen molar-refractivity contribution in [3.8, 4) is 0 Å². The molecule has 0 saturated carbocycles. The number of nitrogens with zero attached hydrogens (tertiary/aromatic N) is 2. The van der Waals surface area contributed by atoms with Crippen LogP contribution >= 0.6 is 0 Å². The molecular weight excluding hydrogens is 226 g/mol. The van der Waals surface area contributed by atoms with Gasteiger partial charge in [-0.05, 0) is 25.2 Å². The highest BCUT2D eigenvalue weighted by Gasteiger charge is 2.21. The molecule has 0 radical (unpaired) electrons. The number of hydrogen-bond donors (Lipinski definition) is 1. The molecule has 2 aliphatic rings. The van der Waals surface area contributed by atoms with Gasteiger partial charge in [0.05, 0.1) is 6.54 Å². The maximum atomic E-state index is 12.3. The molecule has 2 heterocycles. The summed E-state index contributed by atoms with van der Waals surface area (Å²) >= 11 is 0. The zero-order valence-electron chi connectivity index (χ0n) is 11.7. The Balaban J connectivity index is 1.77. The number of likely N-dealkylation sites (tertiary alicyclic amines) is 1. The van der Waals surface area contributed by atoms with Crippen LogP contribution < -0.4 is 5.32 Å². The smallest absolute Gasteiger partial charge is 0.236 e. The van der Waals surface area contributed by atoms with E-state index in [4.69, 9.17) is 0 Å². The van der Waals surface area contributed by atoms with Crippen LogP contribution in [0, 0.1) is 5.92 Å². The van der Waals surface area contributed by atoms with Gasteiger partial charge in [-0.25, -0.2) is 0 Å². The summed E-state index contributed by atoms with van der Waals surface area (Å²) in [7, 11) is 0. The molecule has 0 aromatic rings. The number of carbonyl (C=O) groups is 1. The maximum absolute atomic E-state index is 12.3. The first-order valence-corrected chi connectivity index (χ1v) is 7.50. The van der Waals surface area contributed by atoms with E-state index in [9.17, 15) is 4.79 Å². The first-order valence-electron chi connectivity index (χ1n) is 7.50. The van der Waals surface area contributed by atoms with Crippen molar-refractivity contribution in [3.05, 3.63) is 0 Å². The Kier molecular flexibility index (Phi) is 5.45. The van der Waals surface area contributed by atoms with Crippen molar-refractivity contribution in [1.82, 2.24) is 15.1 Å². The van der Waals surface area contributed by atoms with Crippen LogP contribution in [0.25, 0.3) is 0 Å². The SMILES string of the molecule is CCC1CCCN(C(=O)CN2CCNCC2)CC1. The molecule has 4 nitrogen and oxygen atoms in total. The lowest BCUT2D eigenvalue weighted by Crippen LogP contribution is -2.48. The van der Waals surface area contributed by atoms with E-state index in [-0.39, 0.29) is 0 Å². The van der Waals surface area contributed by atoms with Crippen LogP contribution in [0.15, 0.2) is 0 Å². The summed E-state index contributed by atoms with van der Waals surface area (Å²) in [5, 5.41) is 3.32. The summed E-state index contributed by atoms with van der Waals surface area (Å²) in [6.45, 7) is 8.90. The molecule has 0 aliphatic carbocycles. The first kappa shape index (κ1) is 13.8. The van der Waals surface area contributed by atoms with Crippen molar-refractivity contribution in [2.45, 2.75) is 32.6 Å². The van der Waals surface area contributed by atoms with Gasteiger partial charge in [-0.1, -0.05) is 13.3 Å². The van der Waals surface area contributed by atoms with Gasteiger partial charge in [-0.15, -0.1) is 0 Å². The summed E-state index contributed by atoms with van der Waals surface area (Å²) in [6, 6.07) is 0. The van der Waals surface area contributed by atoms with Crippen molar-refractivity contribution in [2.24, 2.45) is 5.92 Å². The van der Waals surface area contributed by atoms with E-state index in [0.29, 0.717) is 12.5 Å². The first-order chi connectivity index (χ1) is 8.79. The molecule has 2 rings (SSSR count). The van der Waals surface area contributed by atoms with E-state index in [1.165, 1.54) is 25.7 Å². The van der Waals surface area contributed by atoms with Gasteiger partial charge in [0.1, 0.15) is 0 Å². The van der Waals surface area contributed by atoms with E-state index in [2.05, 4.69) is 22.0 Å². The lowest BCUT2D eigenvalue weighted by Gasteiger charge is -2.29. The van der Waals surface area contributed by atoms with Gasteiger partial charge < -0.3 is 10.2 Å². The number of nitrogens with one attached hydrogen (secondary N) is 1. The van der Waals surface area contributed by atoms with Crippen LogP contribution in [-0.4, -0.2) is 61.5 Å². The van der Waals surface area contributed by atoms with Crippen LogP contribution in [0.1, 0.15) is 32.6 Å². The number of rotatable bonds is 3. The zero-order valence-corrected chi connectivity index (χ0v) is 11.7. The molecule has 2 fully saturated rings. The Labute approximate surface area is 111 Å². The van der Waals surface area contributed by atoms with Gasteiger partial charge in [-0.3, -0.25) is 9.69 Å². The largest absolute Gasteiger partial charge is 0.342 e. The van der Waals surface area contributed by atoms with Crippen molar-refractivity contribution in [3.63, 3.8) is 0 Å². The van der Waals surface area contributed by atoms with Gasteiger partial charge >= 0.3 is 0 Å². The van der Waals surface area contributed by atoms with E-state index in [1.54, 1.807) is 0 Å². The van der Waals surface area contributed by atoms with Gasteiger partial charge in [0.2, 0.25) is 5.91 Å². The average Bonchev–Trinajstić information content (AvgIpc) is 2.65. The molecule has 1 atom stereocenters. The molecule has 1 N–H and O–H groups in total. The zero-order chi connectivity index (χ0) is 12.8. The molecule has 0 aromatic heterocycles. The lowest BCUT2D eigenvalue weighted by molar-refractivity contribution is -0.132. The second kappa shape index (κ2) is 7.10. The second-order valence-corrected chi connectivity index (χ2v) is 5.61. The van der Waals surface area contributed by atoms with Gasteiger partial charge in [0, 0.05) is 39.3 Å². The molecule has 2 saturated heterocycles. The monoisotopic (exact) mass is 253 g/mol. The van der Waals surface area contributed by atoms with Crippen LogP contribution in [-0.2, 0) is 4.79 Å². The van der Waals surface area contributed by atoms with E-state index < -0.39 is 0 Å². The summed E-state index contributed by atoms with van der Waals surface area (Å²) < 4.78 is 0. The minimum Gasteiger partial charge on any atom is -0.342 e. The molecule has 0 bridgehead atoms. The highest BCUT2D eigenvalue weighted by molar-refractivity contribution is 5.78. The Hall–Kier alpha value is -0.610. The highest BCUT2D eigenvalue weighted by atomic mass is 16.2. The van der Waals surface area contributed by atoms with Gasteiger partial charge in [0.15, 0.2) is 0 Å². The normalized spacial score (nSPS) is 26.9. The molecule has 0 spiro atoms. The third kappa shape index (κ3) is 3.95. The van der Waals surface area contributed by atoms with Crippen LogP contribution in [0.5, 0.6) is 0 Å². The Morgan fingerprint density at radius 2 is 1.94 bits per heavy atom. The maximum Gasteiger partial charge on any atom is 0.236 e. The second-order valence-electron chi connectivity index (χ2n) is 5.61. The molecule has 4 heteroatoms. The minimum absolute atomic E-state index is 0.341. The van der Waals surface area contributed by atoms with Gasteiger partial charge in [-0.2, -0.15) is 0 Å². The Bertz CT molecular complexity index is 264. The third-order valence-electron chi connectivity index (χ3n) is 4.35. The quantitative estimate of drug-likeness (QED) is 0.813. The Morgan fingerprint density at radius 3 is 2.67 bits per heavy atom. The van der Waals surface area contributed by atoms with Crippen LogP contribution in [0.3, 0.4) is 0 Å². The number of carbonyl (C=O) groups excluding carboxylic acids is 1. The van der Waals surface area contributed by atoms with E-state index in [0.717, 1.165) is 45.2 Å². The molecule has 1 unspecified atom stereocenters. The van der Waals surface area contributed by atoms with Crippen molar-refractivity contribution >= 4 is 5.91 Å². The van der Waals surface area contributed by atoms with E-state index in [1.807, 2.05) is 0 Å². The number of hydrogen-bond acceptors (Lipinski definition) is 3. The minimum atomic E-state index is 0.341. The lowest BCUT2D eigenvalue weighted by atomic mass is 9.98. The molecule has 0 aromatic carbocycles. The summed E-state index contributed by atoms with van der Waals surface area (Å²) in [5.41, 5.74) is 0. The predicted octanol–water partition coefficient (Wildman–Crippen LogP) is 0.930. The summed E-state index contributed by atoms with van der Waals surface area (Å²) in [6.07, 6.45) is 4.95. The fourth-order valence-electron chi connectivity index (χ4n) is 2.98.